The fraction of sp³-hybridized carbons (Fsp3) is 0.231. The van der Waals surface area contributed by atoms with Crippen LogP contribution in [0.3, 0.4) is 0 Å². The summed E-state index contributed by atoms with van der Waals surface area (Å²) in [5.41, 5.74) is 2.79. The highest BCUT2D eigenvalue weighted by Gasteiger charge is 2.39. The highest BCUT2D eigenvalue weighted by atomic mass is 32.2. The molecular formula is C26H23N3O2S. The number of nitriles is 1. The van der Waals surface area contributed by atoms with Gasteiger partial charge in [-0.15, -0.1) is 0 Å². The van der Waals surface area contributed by atoms with E-state index in [4.69, 9.17) is 4.74 Å². The molecule has 32 heavy (non-hydrogen) atoms. The largest absolute Gasteiger partial charge is 0.496 e. The summed E-state index contributed by atoms with van der Waals surface area (Å²) in [6, 6.07) is 24.7. The maximum atomic E-state index is 13.3. The molecule has 0 aromatic heterocycles. The van der Waals surface area contributed by atoms with Crippen LogP contribution in [0, 0.1) is 11.3 Å². The third kappa shape index (κ3) is 3.64. The van der Waals surface area contributed by atoms with Gasteiger partial charge >= 0.3 is 0 Å². The Morgan fingerprint density at radius 2 is 1.88 bits per heavy atom. The number of rotatable bonds is 4. The molecule has 1 saturated heterocycles. The Bertz CT molecular complexity index is 1250. The molecule has 5 rings (SSSR count). The van der Waals surface area contributed by atoms with Crippen LogP contribution in [0.15, 0.2) is 77.3 Å². The van der Waals surface area contributed by atoms with Crippen LogP contribution in [-0.4, -0.2) is 35.4 Å². The zero-order valence-electron chi connectivity index (χ0n) is 17.8. The first-order valence-electron chi connectivity index (χ1n) is 10.6. The van der Waals surface area contributed by atoms with Gasteiger partial charge in [0.1, 0.15) is 5.75 Å². The lowest BCUT2D eigenvalue weighted by Gasteiger charge is -2.41. The van der Waals surface area contributed by atoms with Crippen molar-refractivity contribution in [3.63, 3.8) is 0 Å². The fourth-order valence-electron chi connectivity index (χ4n) is 4.61. The number of carbonyl (C=O) groups is 1. The number of thioether (sulfide) groups is 1. The Hall–Kier alpha value is -3.27. The van der Waals surface area contributed by atoms with E-state index in [1.807, 2.05) is 54.6 Å². The van der Waals surface area contributed by atoms with Gasteiger partial charge in [-0.05, 0) is 22.4 Å². The number of allylic oxidation sites excluding steroid dienone is 1. The predicted octanol–water partition coefficient (Wildman–Crippen LogP) is 5.06. The van der Waals surface area contributed by atoms with Gasteiger partial charge in [0.05, 0.1) is 36.3 Å². The Labute approximate surface area is 191 Å². The summed E-state index contributed by atoms with van der Waals surface area (Å²) in [4.78, 5) is 17.3. The number of ether oxygens (including phenoxy) is 1. The summed E-state index contributed by atoms with van der Waals surface area (Å²) in [6.45, 7) is 1.27. The molecule has 6 heteroatoms. The number of hydrogen-bond donors (Lipinski definition) is 0. The molecule has 1 atom stereocenters. The first-order chi connectivity index (χ1) is 15.7. The molecule has 0 aliphatic carbocycles. The highest BCUT2D eigenvalue weighted by Crippen LogP contribution is 2.46. The van der Waals surface area contributed by atoms with Crippen molar-refractivity contribution in [2.45, 2.75) is 18.9 Å². The molecule has 160 valence electrons. The lowest BCUT2D eigenvalue weighted by Crippen LogP contribution is -2.46. The number of nitrogens with zero attached hydrogens (tertiary/aromatic N) is 3. The van der Waals surface area contributed by atoms with Crippen LogP contribution in [0.4, 0.5) is 0 Å². The average Bonchev–Trinajstić information content (AvgIpc) is 2.84. The van der Waals surface area contributed by atoms with Crippen molar-refractivity contribution < 1.29 is 9.53 Å². The van der Waals surface area contributed by atoms with Crippen LogP contribution < -0.4 is 4.74 Å². The summed E-state index contributed by atoms with van der Waals surface area (Å²) < 4.78 is 5.68. The van der Waals surface area contributed by atoms with Gasteiger partial charge in [0.25, 0.3) is 0 Å². The summed E-state index contributed by atoms with van der Waals surface area (Å²) in [6.07, 6.45) is 0.260. The number of carbonyl (C=O) groups excluding carboxylic acids is 1. The predicted molar refractivity (Wildman–Crippen MR) is 127 cm³/mol. The van der Waals surface area contributed by atoms with Crippen LogP contribution in [0.2, 0.25) is 0 Å². The van der Waals surface area contributed by atoms with Crippen LogP contribution in [0.5, 0.6) is 5.75 Å². The second-order valence-corrected chi connectivity index (χ2v) is 8.97. The molecule has 3 aromatic carbocycles. The molecule has 1 fully saturated rings. The molecule has 0 bridgehead atoms. The average molecular weight is 442 g/mol. The summed E-state index contributed by atoms with van der Waals surface area (Å²) >= 11 is 1.58. The molecule has 2 heterocycles. The number of hydrogen-bond acceptors (Lipinski definition) is 5. The van der Waals surface area contributed by atoms with E-state index in [0.29, 0.717) is 12.2 Å². The Morgan fingerprint density at radius 1 is 1.09 bits per heavy atom. The third-order valence-electron chi connectivity index (χ3n) is 6.10. The molecule has 0 unspecified atom stereocenters. The van der Waals surface area contributed by atoms with E-state index in [1.54, 1.807) is 23.8 Å². The van der Waals surface area contributed by atoms with Gasteiger partial charge in [0.15, 0.2) is 0 Å². The Balaban J connectivity index is 1.53. The van der Waals surface area contributed by atoms with Crippen molar-refractivity contribution in [3.8, 4) is 11.8 Å². The van der Waals surface area contributed by atoms with Crippen LogP contribution in [0.1, 0.15) is 23.5 Å². The minimum absolute atomic E-state index is 0.0456. The van der Waals surface area contributed by atoms with Crippen molar-refractivity contribution in [1.29, 1.82) is 5.26 Å². The standard InChI is InChI=1S/C26H23N3O2S/c1-31-23-12-11-19-9-5-6-10-20(19)25(23)21-13-24(30)29-16-28(15-18-7-3-2-4-8-18)17-32-26(29)22(21)14-27/h2-12,21H,13,15-17H2,1H3/t21-/m0/s1. The van der Waals surface area contributed by atoms with E-state index in [9.17, 15) is 10.1 Å². The summed E-state index contributed by atoms with van der Waals surface area (Å²) in [5, 5.41) is 13.1. The molecular weight excluding hydrogens is 418 g/mol. The molecule has 0 spiro atoms. The minimum atomic E-state index is -0.312. The Kier molecular flexibility index (Phi) is 5.60. The van der Waals surface area contributed by atoms with Crippen LogP contribution >= 0.6 is 11.8 Å². The first kappa shape index (κ1) is 20.6. The molecule has 0 N–H and O–H groups in total. The number of benzene rings is 3. The summed E-state index contributed by atoms with van der Waals surface area (Å²) in [7, 11) is 1.64. The SMILES string of the molecule is COc1ccc2ccccc2c1[C@H]1CC(=O)N2CN(Cc3ccccc3)CSC2=C1C#N. The molecule has 2 aliphatic heterocycles. The topological polar surface area (TPSA) is 56.6 Å². The number of amides is 1. The van der Waals surface area contributed by atoms with E-state index < -0.39 is 0 Å². The van der Waals surface area contributed by atoms with Crippen LogP contribution in [-0.2, 0) is 11.3 Å². The summed E-state index contributed by atoms with van der Waals surface area (Å²) in [5.74, 6) is 1.19. The normalized spacial score (nSPS) is 19.1. The third-order valence-corrected chi connectivity index (χ3v) is 7.31. The molecule has 3 aromatic rings. The molecule has 5 nitrogen and oxygen atoms in total. The van der Waals surface area contributed by atoms with Crippen LogP contribution in [0.25, 0.3) is 10.8 Å². The lowest BCUT2D eigenvalue weighted by atomic mass is 9.83. The zero-order valence-corrected chi connectivity index (χ0v) is 18.6. The minimum Gasteiger partial charge on any atom is -0.496 e. The van der Waals surface area contributed by atoms with Gasteiger partial charge in [0, 0.05) is 24.4 Å². The zero-order chi connectivity index (χ0) is 22.1. The van der Waals surface area contributed by atoms with Gasteiger partial charge in [-0.1, -0.05) is 72.4 Å². The van der Waals surface area contributed by atoms with Gasteiger partial charge in [0.2, 0.25) is 5.91 Å². The second kappa shape index (κ2) is 8.70. The number of methoxy groups -OCH3 is 1. The quantitative estimate of drug-likeness (QED) is 0.566. The van der Waals surface area contributed by atoms with Crippen molar-refractivity contribution in [1.82, 2.24) is 9.80 Å². The van der Waals surface area contributed by atoms with Gasteiger partial charge in [-0.2, -0.15) is 5.26 Å². The van der Waals surface area contributed by atoms with E-state index in [0.717, 1.165) is 39.5 Å². The number of fused-ring (bicyclic) bond motifs is 2. The molecule has 0 saturated carbocycles. The molecule has 2 aliphatic rings. The maximum absolute atomic E-state index is 13.3. The van der Waals surface area contributed by atoms with Crippen molar-refractivity contribution in [3.05, 3.63) is 88.5 Å². The van der Waals surface area contributed by atoms with Gasteiger partial charge in [-0.3, -0.25) is 14.6 Å². The van der Waals surface area contributed by atoms with Crippen molar-refractivity contribution in [2.75, 3.05) is 19.7 Å². The first-order valence-corrected chi connectivity index (χ1v) is 11.6. The van der Waals surface area contributed by atoms with Crippen molar-refractivity contribution in [2.24, 2.45) is 0 Å². The fourth-order valence-corrected chi connectivity index (χ4v) is 5.75. The van der Waals surface area contributed by atoms with E-state index in [1.165, 1.54) is 5.56 Å². The van der Waals surface area contributed by atoms with Crippen molar-refractivity contribution >= 4 is 28.4 Å². The van der Waals surface area contributed by atoms with Gasteiger partial charge < -0.3 is 4.74 Å². The smallest absolute Gasteiger partial charge is 0.229 e. The van der Waals surface area contributed by atoms with E-state index in [2.05, 4.69) is 23.1 Å². The van der Waals surface area contributed by atoms with Gasteiger partial charge in [-0.25, -0.2) is 0 Å². The molecule has 0 radical (unpaired) electrons. The maximum Gasteiger partial charge on any atom is 0.229 e. The monoisotopic (exact) mass is 441 g/mol. The van der Waals surface area contributed by atoms with E-state index in [-0.39, 0.29) is 18.2 Å². The Morgan fingerprint density at radius 3 is 2.66 bits per heavy atom. The second-order valence-electron chi connectivity index (χ2n) is 8.04. The van der Waals surface area contributed by atoms with E-state index >= 15 is 0 Å². The highest BCUT2D eigenvalue weighted by molar-refractivity contribution is 8.03. The lowest BCUT2D eigenvalue weighted by molar-refractivity contribution is -0.131. The molecule has 1 amide bonds.